The van der Waals surface area contributed by atoms with Crippen molar-refractivity contribution < 1.29 is 80.2 Å². The fourth-order valence-electron chi connectivity index (χ4n) is 11.5. The lowest BCUT2D eigenvalue weighted by atomic mass is 10.00. The van der Waals surface area contributed by atoms with Crippen molar-refractivity contribution in [3.05, 3.63) is 0 Å². The Bertz CT molecular complexity index is 1870. The zero-order valence-corrected chi connectivity index (χ0v) is 64.1. The molecule has 0 saturated heterocycles. The van der Waals surface area contributed by atoms with Crippen LogP contribution in [0, 0.1) is 23.7 Å². The zero-order chi connectivity index (χ0) is 70.3. The average Bonchev–Trinajstić information content (AvgIpc) is 1.35. The highest BCUT2D eigenvalue weighted by molar-refractivity contribution is 7.47. The molecule has 0 bridgehead atoms. The SMILES string of the molecule is CCC(C)CCCCCCCCC(=O)OC[C@H](COP(=O)(O)OC[C@H](O)COP(=O)(O)OC[C@@H](COC(=O)CCCCCCCCCCCCC(C)C)OC(=O)CCCCCCCCCCCCCCCC(C)C)OC(=O)CCCCCCCCCCCCCCCC(C)C. The van der Waals surface area contributed by atoms with Gasteiger partial charge in [0.05, 0.1) is 26.4 Å². The third-order valence-corrected chi connectivity index (χ3v) is 19.8. The van der Waals surface area contributed by atoms with Crippen LogP contribution < -0.4 is 0 Å². The first-order valence-electron chi connectivity index (χ1n) is 39.2. The Balaban J connectivity index is 5.26. The van der Waals surface area contributed by atoms with Gasteiger partial charge in [-0.1, -0.05) is 331 Å². The van der Waals surface area contributed by atoms with E-state index >= 15 is 0 Å². The second-order valence-electron chi connectivity index (χ2n) is 29.1. The summed E-state index contributed by atoms with van der Waals surface area (Å²) < 4.78 is 68.5. The number of carbonyl (C=O) groups is 4. The molecule has 0 aliphatic carbocycles. The number of rotatable bonds is 73. The van der Waals surface area contributed by atoms with Crippen molar-refractivity contribution in [2.45, 2.75) is 401 Å². The highest BCUT2D eigenvalue weighted by atomic mass is 31.2. The van der Waals surface area contributed by atoms with Gasteiger partial charge < -0.3 is 33.8 Å². The van der Waals surface area contributed by atoms with Crippen LogP contribution in [-0.4, -0.2) is 96.7 Å². The molecule has 0 saturated carbocycles. The molecule has 0 spiro atoms. The minimum atomic E-state index is -4.96. The quantitative estimate of drug-likeness (QED) is 0.0222. The number of phosphoric acid groups is 2. The molecule has 6 atom stereocenters. The number of hydrogen-bond acceptors (Lipinski definition) is 15. The molecule has 3 unspecified atom stereocenters. The maximum Gasteiger partial charge on any atom is 0.472 e. The van der Waals surface area contributed by atoms with Gasteiger partial charge in [0.15, 0.2) is 12.2 Å². The Labute approximate surface area is 581 Å². The summed E-state index contributed by atoms with van der Waals surface area (Å²) in [5.41, 5.74) is 0. The third kappa shape index (κ3) is 69.0. The Morgan fingerprint density at radius 3 is 0.747 bits per heavy atom. The van der Waals surface area contributed by atoms with Gasteiger partial charge in [0, 0.05) is 25.7 Å². The van der Waals surface area contributed by atoms with E-state index in [0.717, 1.165) is 120 Å². The average molecular weight is 1400 g/mol. The van der Waals surface area contributed by atoms with E-state index in [1.807, 2.05) is 0 Å². The molecule has 0 rings (SSSR count). The molecular weight excluding hydrogens is 1250 g/mol. The van der Waals surface area contributed by atoms with Gasteiger partial charge >= 0.3 is 39.5 Å². The van der Waals surface area contributed by atoms with Gasteiger partial charge in [-0.3, -0.25) is 37.3 Å². The lowest BCUT2D eigenvalue weighted by molar-refractivity contribution is -0.161. The molecular formula is C76H148O17P2. The third-order valence-electron chi connectivity index (χ3n) is 17.9. The predicted molar refractivity (Wildman–Crippen MR) is 386 cm³/mol. The first-order valence-corrected chi connectivity index (χ1v) is 42.2. The van der Waals surface area contributed by atoms with Crippen molar-refractivity contribution in [2.75, 3.05) is 39.6 Å². The van der Waals surface area contributed by atoms with Gasteiger partial charge in [-0.15, -0.1) is 0 Å². The van der Waals surface area contributed by atoms with E-state index in [1.54, 1.807) is 0 Å². The van der Waals surface area contributed by atoms with Crippen molar-refractivity contribution in [1.82, 2.24) is 0 Å². The largest absolute Gasteiger partial charge is 0.472 e. The molecule has 95 heavy (non-hydrogen) atoms. The zero-order valence-electron chi connectivity index (χ0n) is 62.3. The number of hydrogen-bond donors (Lipinski definition) is 3. The van der Waals surface area contributed by atoms with E-state index in [1.165, 1.54) is 180 Å². The van der Waals surface area contributed by atoms with Gasteiger partial charge in [0.1, 0.15) is 19.3 Å². The van der Waals surface area contributed by atoms with Crippen molar-refractivity contribution in [2.24, 2.45) is 23.7 Å². The van der Waals surface area contributed by atoms with Crippen molar-refractivity contribution >= 4 is 39.5 Å². The van der Waals surface area contributed by atoms with Gasteiger partial charge in [-0.05, 0) is 49.4 Å². The van der Waals surface area contributed by atoms with Gasteiger partial charge in [-0.25, -0.2) is 9.13 Å². The number of aliphatic hydroxyl groups excluding tert-OH is 1. The van der Waals surface area contributed by atoms with Crippen LogP contribution in [-0.2, 0) is 65.4 Å². The number of carbonyl (C=O) groups excluding carboxylic acids is 4. The minimum Gasteiger partial charge on any atom is -0.462 e. The summed E-state index contributed by atoms with van der Waals surface area (Å²) in [5.74, 6) is 0.942. The molecule has 0 aliphatic heterocycles. The molecule has 0 radical (unpaired) electrons. The first kappa shape index (κ1) is 93.1. The Morgan fingerprint density at radius 2 is 0.505 bits per heavy atom. The minimum absolute atomic E-state index is 0.106. The number of unbranched alkanes of at least 4 members (excludes halogenated alkanes) is 38. The number of aliphatic hydroxyl groups is 1. The van der Waals surface area contributed by atoms with Crippen LogP contribution in [0.5, 0.6) is 0 Å². The Kier molecular flexibility index (Phi) is 64.0. The van der Waals surface area contributed by atoms with Crippen LogP contribution in [0.25, 0.3) is 0 Å². The molecule has 0 aliphatic rings. The topological polar surface area (TPSA) is 237 Å². The van der Waals surface area contributed by atoms with E-state index in [4.69, 9.17) is 37.0 Å². The molecule has 3 N–H and O–H groups in total. The van der Waals surface area contributed by atoms with Gasteiger partial charge in [0.2, 0.25) is 0 Å². The summed E-state index contributed by atoms with van der Waals surface area (Å²) in [6.07, 6.45) is 49.9. The fraction of sp³-hybridized carbons (Fsp3) is 0.947. The maximum absolute atomic E-state index is 13.1. The summed E-state index contributed by atoms with van der Waals surface area (Å²) in [4.78, 5) is 72.8. The molecule has 17 nitrogen and oxygen atoms in total. The van der Waals surface area contributed by atoms with Crippen molar-refractivity contribution in [3.8, 4) is 0 Å². The Hall–Kier alpha value is -1.94. The number of phosphoric ester groups is 2. The van der Waals surface area contributed by atoms with Crippen molar-refractivity contribution in [3.63, 3.8) is 0 Å². The van der Waals surface area contributed by atoms with E-state index in [-0.39, 0.29) is 25.7 Å². The van der Waals surface area contributed by atoms with Gasteiger partial charge in [-0.2, -0.15) is 0 Å². The normalized spacial score (nSPS) is 14.4. The van der Waals surface area contributed by atoms with Crippen LogP contribution in [0.1, 0.15) is 383 Å². The monoisotopic (exact) mass is 1400 g/mol. The smallest absolute Gasteiger partial charge is 0.462 e. The molecule has 0 aromatic heterocycles. The molecule has 0 amide bonds. The van der Waals surface area contributed by atoms with Crippen LogP contribution >= 0.6 is 15.6 Å². The highest BCUT2D eigenvalue weighted by Crippen LogP contribution is 2.45. The lowest BCUT2D eigenvalue weighted by Gasteiger charge is -2.21. The van der Waals surface area contributed by atoms with E-state index < -0.39 is 97.5 Å². The van der Waals surface area contributed by atoms with E-state index in [2.05, 4.69) is 55.4 Å². The molecule has 564 valence electrons. The highest BCUT2D eigenvalue weighted by Gasteiger charge is 2.30. The predicted octanol–water partition coefficient (Wildman–Crippen LogP) is 22.0. The molecule has 19 heteroatoms. The summed E-state index contributed by atoms with van der Waals surface area (Å²) >= 11 is 0. The molecule has 0 aromatic rings. The lowest BCUT2D eigenvalue weighted by Crippen LogP contribution is -2.30. The summed E-state index contributed by atoms with van der Waals surface area (Å²) in [5, 5.41) is 10.6. The summed E-state index contributed by atoms with van der Waals surface area (Å²) in [6, 6.07) is 0. The van der Waals surface area contributed by atoms with Gasteiger partial charge in [0.25, 0.3) is 0 Å². The standard InChI is InChI=1S/C76H148O17P2/c1-9-69(8)55-47-39-34-35-41-49-57-74(79)87-63-72(93-76(81)59-51-43-33-27-19-15-11-13-17-23-29-37-45-53-67(4)5)65-91-95(84,85)89-61-70(77)60-88-94(82,83)90-64-71(62-86-73(78)56-48-40-31-25-21-20-24-30-38-46-54-68(6)7)92-75(80)58-50-42-32-26-18-14-10-12-16-22-28-36-44-52-66(2)3/h66-72,77H,9-65H2,1-8H3,(H,82,83)(H,84,85)/t69?,70-,71-,72-/m1/s1. The second kappa shape index (κ2) is 65.4. The summed E-state index contributed by atoms with van der Waals surface area (Å²) in [7, 11) is -9.91. The van der Waals surface area contributed by atoms with Crippen molar-refractivity contribution in [1.29, 1.82) is 0 Å². The fourth-order valence-corrected chi connectivity index (χ4v) is 13.1. The van der Waals surface area contributed by atoms with Crippen LogP contribution in [0.4, 0.5) is 0 Å². The van der Waals surface area contributed by atoms with E-state index in [9.17, 15) is 43.2 Å². The van der Waals surface area contributed by atoms with E-state index in [0.29, 0.717) is 25.7 Å². The van der Waals surface area contributed by atoms with Crippen LogP contribution in [0.15, 0.2) is 0 Å². The maximum atomic E-state index is 13.1. The molecule has 0 fully saturated rings. The van der Waals surface area contributed by atoms with Crippen LogP contribution in [0.2, 0.25) is 0 Å². The second-order valence-corrected chi connectivity index (χ2v) is 32.0. The molecule has 0 heterocycles. The molecule has 0 aromatic carbocycles. The van der Waals surface area contributed by atoms with Crippen LogP contribution in [0.3, 0.4) is 0 Å². The first-order chi connectivity index (χ1) is 45.6. The summed E-state index contributed by atoms with van der Waals surface area (Å²) in [6.45, 7) is 14.2. The number of esters is 4. The Morgan fingerprint density at radius 1 is 0.295 bits per heavy atom. The number of ether oxygens (including phenoxy) is 4.